The van der Waals surface area contributed by atoms with Gasteiger partial charge in [-0.25, -0.2) is 8.42 Å². The van der Waals surface area contributed by atoms with Gasteiger partial charge in [-0.3, -0.25) is 9.58 Å². The Labute approximate surface area is 168 Å². The average Bonchev–Trinajstić information content (AvgIpc) is 3.07. The van der Waals surface area contributed by atoms with Crippen LogP contribution >= 0.6 is 0 Å². The van der Waals surface area contributed by atoms with Crippen LogP contribution in [0.5, 0.6) is 5.75 Å². The van der Waals surface area contributed by atoms with Crippen LogP contribution in [0.3, 0.4) is 0 Å². The number of ether oxygens (including phenoxy) is 1. The summed E-state index contributed by atoms with van der Waals surface area (Å²) in [7, 11) is -0.849. The van der Waals surface area contributed by atoms with Crippen LogP contribution in [0.1, 0.15) is 40.5 Å². The van der Waals surface area contributed by atoms with Gasteiger partial charge in [-0.15, -0.1) is 0 Å². The van der Waals surface area contributed by atoms with Gasteiger partial charge in [0, 0.05) is 24.3 Å². The third kappa shape index (κ3) is 4.94. The number of rotatable bonds is 7. The number of nitrogens with zero attached hydrogens (tertiary/aromatic N) is 3. The Hall–Kier alpha value is -1.86. The van der Waals surface area contributed by atoms with Crippen LogP contribution in [0.25, 0.3) is 0 Å². The predicted molar refractivity (Wildman–Crippen MR) is 112 cm³/mol. The highest BCUT2D eigenvalue weighted by Crippen LogP contribution is 2.27. The zero-order valence-electron chi connectivity index (χ0n) is 17.5. The third-order valence-electron chi connectivity index (χ3n) is 5.39. The lowest BCUT2D eigenvalue weighted by Gasteiger charge is -2.18. The van der Waals surface area contributed by atoms with Crippen molar-refractivity contribution in [3.05, 3.63) is 46.3 Å². The molecule has 0 radical (unpaired) electrons. The van der Waals surface area contributed by atoms with Gasteiger partial charge in [-0.1, -0.05) is 6.07 Å². The van der Waals surface area contributed by atoms with E-state index in [4.69, 9.17) is 4.74 Å². The van der Waals surface area contributed by atoms with Crippen molar-refractivity contribution in [2.45, 2.75) is 46.7 Å². The zero-order chi connectivity index (χ0) is 20.5. The number of hydrogen-bond donors (Lipinski definition) is 0. The molecule has 28 heavy (non-hydrogen) atoms. The van der Waals surface area contributed by atoms with E-state index in [9.17, 15) is 8.42 Å². The minimum atomic E-state index is -2.92. The first-order chi connectivity index (χ1) is 13.1. The van der Waals surface area contributed by atoms with Gasteiger partial charge in [0.15, 0.2) is 9.84 Å². The summed E-state index contributed by atoms with van der Waals surface area (Å²) >= 11 is 0. The second-order valence-corrected chi connectivity index (χ2v) is 10.3. The van der Waals surface area contributed by atoms with Crippen LogP contribution in [0.2, 0.25) is 0 Å². The quantitative estimate of drug-likeness (QED) is 0.709. The zero-order valence-corrected chi connectivity index (χ0v) is 18.3. The van der Waals surface area contributed by atoms with Gasteiger partial charge in [0.1, 0.15) is 12.4 Å². The third-order valence-corrected chi connectivity index (χ3v) is 7.14. The van der Waals surface area contributed by atoms with Crippen LogP contribution in [0.4, 0.5) is 0 Å². The lowest BCUT2D eigenvalue weighted by atomic mass is 10.1. The summed E-state index contributed by atoms with van der Waals surface area (Å²) in [5.74, 6) is 1.38. The molecule has 154 valence electrons. The Morgan fingerprint density at radius 2 is 1.86 bits per heavy atom. The molecule has 6 nitrogen and oxygen atoms in total. The Balaban J connectivity index is 1.59. The highest BCUT2D eigenvalue weighted by molar-refractivity contribution is 7.91. The molecule has 3 rings (SSSR count). The number of sulfone groups is 1. The van der Waals surface area contributed by atoms with E-state index in [0.717, 1.165) is 30.2 Å². The van der Waals surface area contributed by atoms with Crippen molar-refractivity contribution in [3.63, 3.8) is 0 Å². The lowest BCUT2D eigenvalue weighted by Crippen LogP contribution is -2.24. The summed E-state index contributed by atoms with van der Waals surface area (Å²) < 4.78 is 31.5. The normalized spacial score (nSPS) is 18.7. The number of aryl methyl sites for hydroxylation is 3. The summed E-state index contributed by atoms with van der Waals surface area (Å²) in [6, 6.07) is 6.22. The molecule has 1 aromatic carbocycles. The largest absolute Gasteiger partial charge is 0.492 e. The standard InChI is InChI=1S/C21H31N3O3S/c1-15-10-16(2)12-20(11-15)27-8-7-23(5)13-21-17(3)22-24(18(21)4)19-6-9-28(25,26)14-19/h10-12,19H,6-9,13-14H2,1-5H3/t19-/m1/s1. The molecular formula is C21H31N3O3S. The molecule has 0 aliphatic carbocycles. The van der Waals surface area contributed by atoms with E-state index in [0.29, 0.717) is 13.0 Å². The second-order valence-electron chi connectivity index (χ2n) is 8.06. The molecule has 1 atom stereocenters. The molecule has 0 amide bonds. The van der Waals surface area contributed by atoms with Crippen LogP contribution < -0.4 is 4.74 Å². The maximum Gasteiger partial charge on any atom is 0.152 e. The lowest BCUT2D eigenvalue weighted by molar-refractivity contribution is 0.232. The van der Waals surface area contributed by atoms with E-state index in [1.807, 2.05) is 18.5 Å². The van der Waals surface area contributed by atoms with E-state index in [-0.39, 0.29) is 17.5 Å². The van der Waals surface area contributed by atoms with Gasteiger partial charge in [0.25, 0.3) is 0 Å². The van der Waals surface area contributed by atoms with E-state index in [1.54, 1.807) is 0 Å². The molecule has 7 heteroatoms. The molecule has 1 aliphatic heterocycles. The van der Waals surface area contributed by atoms with E-state index in [1.165, 1.54) is 16.7 Å². The van der Waals surface area contributed by atoms with Crippen molar-refractivity contribution in [3.8, 4) is 5.75 Å². The summed E-state index contributed by atoms with van der Waals surface area (Å²) in [5, 5.41) is 4.65. The molecule has 2 heterocycles. The van der Waals surface area contributed by atoms with Crippen molar-refractivity contribution in [2.75, 3.05) is 31.7 Å². The molecule has 0 saturated carbocycles. The molecule has 0 unspecified atom stereocenters. The van der Waals surface area contributed by atoms with E-state index in [2.05, 4.69) is 49.1 Å². The summed E-state index contributed by atoms with van der Waals surface area (Å²) in [6.07, 6.45) is 0.656. The molecule has 1 aliphatic rings. The Kier molecular flexibility index (Phi) is 6.15. The number of hydrogen-bond acceptors (Lipinski definition) is 5. The number of likely N-dealkylation sites (N-methyl/N-ethyl adjacent to an activating group) is 1. The topological polar surface area (TPSA) is 64.4 Å². The maximum atomic E-state index is 11.8. The summed E-state index contributed by atoms with van der Waals surface area (Å²) in [5.41, 5.74) is 5.63. The van der Waals surface area contributed by atoms with Crippen LogP contribution in [0, 0.1) is 27.7 Å². The minimum absolute atomic E-state index is 0.0318. The Morgan fingerprint density at radius 3 is 2.46 bits per heavy atom. The SMILES string of the molecule is Cc1cc(C)cc(OCCN(C)Cc2c(C)nn([C@@H]3CCS(=O)(=O)C3)c2C)c1. The molecule has 0 bridgehead atoms. The van der Waals surface area contributed by atoms with E-state index >= 15 is 0 Å². The van der Waals surface area contributed by atoms with Gasteiger partial charge in [-0.05, 0) is 64.4 Å². The highest BCUT2D eigenvalue weighted by Gasteiger charge is 2.31. The van der Waals surface area contributed by atoms with Gasteiger partial charge in [-0.2, -0.15) is 5.10 Å². The predicted octanol–water partition coefficient (Wildman–Crippen LogP) is 2.99. The van der Waals surface area contributed by atoms with Crippen LogP contribution in [0.15, 0.2) is 18.2 Å². The number of aromatic nitrogens is 2. The van der Waals surface area contributed by atoms with E-state index < -0.39 is 9.84 Å². The molecule has 1 saturated heterocycles. The van der Waals surface area contributed by atoms with Crippen molar-refractivity contribution in [1.82, 2.24) is 14.7 Å². The summed E-state index contributed by atoms with van der Waals surface area (Å²) in [6.45, 7) is 10.4. The number of benzene rings is 1. The minimum Gasteiger partial charge on any atom is -0.492 e. The van der Waals surface area contributed by atoms with Gasteiger partial charge in [0.05, 0.1) is 23.2 Å². The van der Waals surface area contributed by atoms with Crippen LogP contribution in [-0.4, -0.2) is 54.8 Å². The van der Waals surface area contributed by atoms with Crippen molar-refractivity contribution < 1.29 is 13.2 Å². The van der Waals surface area contributed by atoms with Gasteiger partial charge >= 0.3 is 0 Å². The molecule has 2 aromatic rings. The average molecular weight is 406 g/mol. The fourth-order valence-electron chi connectivity index (χ4n) is 3.93. The smallest absolute Gasteiger partial charge is 0.152 e. The second kappa shape index (κ2) is 8.25. The molecule has 0 spiro atoms. The Bertz CT molecular complexity index is 930. The van der Waals surface area contributed by atoms with Crippen molar-refractivity contribution in [1.29, 1.82) is 0 Å². The monoisotopic (exact) mass is 405 g/mol. The van der Waals surface area contributed by atoms with Gasteiger partial charge in [0.2, 0.25) is 0 Å². The molecular weight excluding hydrogens is 374 g/mol. The van der Waals surface area contributed by atoms with Crippen LogP contribution in [-0.2, 0) is 16.4 Å². The molecule has 0 N–H and O–H groups in total. The fourth-order valence-corrected chi connectivity index (χ4v) is 5.63. The highest BCUT2D eigenvalue weighted by atomic mass is 32.2. The maximum absolute atomic E-state index is 11.8. The fraction of sp³-hybridized carbons (Fsp3) is 0.571. The van der Waals surface area contributed by atoms with Gasteiger partial charge < -0.3 is 4.74 Å². The first-order valence-corrected chi connectivity index (χ1v) is 11.6. The Morgan fingerprint density at radius 1 is 1.18 bits per heavy atom. The van der Waals surface area contributed by atoms with Crippen molar-refractivity contribution >= 4 is 9.84 Å². The first-order valence-electron chi connectivity index (χ1n) is 9.79. The molecule has 1 aromatic heterocycles. The molecule has 1 fully saturated rings. The summed E-state index contributed by atoms with van der Waals surface area (Å²) in [4.78, 5) is 2.22. The first kappa shape index (κ1) is 20.9. The van der Waals surface area contributed by atoms with Crippen molar-refractivity contribution in [2.24, 2.45) is 0 Å².